The molecule has 0 aliphatic rings. The number of aromatic nitrogens is 2. The summed E-state index contributed by atoms with van der Waals surface area (Å²) in [5.74, 6) is 0.863. The third-order valence-corrected chi connectivity index (χ3v) is 9.59. The van der Waals surface area contributed by atoms with E-state index in [1.165, 1.54) is 44.1 Å². The maximum Gasteiger partial charge on any atom is 0.309 e. The Morgan fingerprint density at radius 2 is 1.51 bits per heavy atom. The molecule has 0 saturated carbocycles. The van der Waals surface area contributed by atoms with Crippen LogP contribution in [0.3, 0.4) is 0 Å². The van der Waals surface area contributed by atoms with Crippen LogP contribution in [0.4, 0.5) is 0 Å². The maximum absolute atomic E-state index is 13.8. The molecule has 3 aromatic rings. The van der Waals surface area contributed by atoms with E-state index in [2.05, 4.69) is 74.7 Å². The summed E-state index contributed by atoms with van der Waals surface area (Å²) in [4.78, 5) is 18.9. The van der Waals surface area contributed by atoms with Crippen LogP contribution >= 0.6 is 0 Å². The van der Waals surface area contributed by atoms with Gasteiger partial charge >= 0.3 is 5.97 Å². The van der Waals surface area contributed by atoms with Crippen LogP contribution in [-0.4, -0.2) is 15.5 Å². The number of hydrogen-bond donors (Lipinski definition) is 0. The van der Waals surface area contributed by atoms with E-state index >= 15 is 0 Å². The minimum Gasteiger partial charge on any atom is -0.453 e. The molecule has 0 saturated heterocycles. The van der Waals surface area contributed by atoms with E-state index < -0.39 is 5.60 Å². The molecule has 0 radical (unpaired) electrons. The minimum atomic E-state index is -0.831. The summed E-state index contributed by atoms with van der Waals surface area (Å²) in [6.07, 6.45) is 22.3. The first kappa shape index (κ1) is 39.8. The molecule has 1 heterocycles. The number of imidazole rings is 1. The average Bonchev–Trinajstić information content (AvgIpc) is 3.46. The van der Waals surface area contributed by atoms with E-state index in [4.69, 9.17) is 9.72 Å². The molecule has 1 unspecified atom stereocenters. The third kappa shape index (κ3) is 12.3. The second kappa shape index (κ2) is 21.4. The number of esters is 1. The van der Waals surface area contributed by atoms with Crippen LogP contribution in [0.25, 0.3) is 11.1 Å². The zero-order valence-electron chi connectivity index (χ0n) is 31.5. The van der Waals surface area contributed by atoms with Crippen molar-refractivity contribution in [1.29, 1.82) is 5.26 Å². The van der Waals surface area contributed by atoms with Gasteiger partial charge in [-0.1, -0.05) is 127 Å². The number of allylic oxidation sites excluding steroid dienone is 2. The van der Waals surface area contributed by atoms with Crippen LogP contribution < -0.4 is 0 Å². The van der Waals surface area contributed by atoms with Crippen molar-refractivity contribution in [3.05, 3.63) is 89.0 Å². The highest BCUT2D eigenvalue weighted by Crippen LogP contribution is 2.32. The highest BCUT2D eigenvalue weighted by Gasteiger charge is 2.35. The van der Waals surface area contributed by atoms with Crippen molar-refractivity contribution in [2.75, 3.05) is 0 Å². The van der Waals surface area contributed by atoms with Gasteiger partial charge in [0.05, 0.1) is 17.6 Å². The lowest BCUT2D eigenvalue weighted by Crippen LogP contribution is -2.31. The van der Waals surface area contributed by atoms with Crippen LogP contribution in [0.2, 0.25) is 0 Å². The highest BCUT2D eigenvalue weighted by molar-refractivity contribution is 5.73. The predicted molar refractivity (Wildman–Crippen MR) is 204 cm³/mol. The lowest BCUT2D eigenvalue weighted by Gasteiger charge is -2.27. The van der Waals surface area contributed by atoms with E-state index in [-0.39, 0.29) is 11.9 Å². The van der Waals surface area contributed by atoms with Gasteiger partial charge in [0.25, 0.3) is 0 Å². The van der Waals surface area contributed by atoms with Crippen LogP contribution in [0.15, 0.2) is 60.7 Å². The summed E-state index contributed by atoms with van der Waals surface area (Å²) >= 11 is 0. The predicted octanol–water partition coefficient (Wildman–Crippen LogP) is 12.0. The molecule has 0 fully saturated rings. The first-order valence-corrected chi connectivity index (χ1v) is 19.3. The van der Waals surface area contributed by atoms with Gasteiger partial charge in [-0.15, -0.1) is 0 Å². The van der Waals surface area contributed by atoms with Crippen LogP contribution in [0.5, 0.6) is 0 Å². The van der Waals surface area contributed by atoms with Gasteiger partial charge in [0, 0.05) is 18.7 Å². The molecule has 0 N–H and O–H groups in total. The number of ether oxygens (including phenoxy) is 1. The normalized spacial score (nSPS) is 12.3. The molecule has 0 spiro atoms. The first-order valence-electron chi connectivity index (χ1n) is 19.3. The quantitative estimate of drug-likeness (QED) is 0.0574. The summed E-state index contributed by atoms with van der Waals surface area (Å²) in [7, 11) is 0. The second-order valence-corrected chi connectivity index (χ2v) is 14.1. The largest absolute Gasteiger partial charge is 0.453 e. The van der Waals surface area contributed by atoms with Gasteiger partial charge < -0.3 is 9.30 Å². The van der Waals surface area contributed by atoms with Crippen LogP contribution in [0.1, 0.15) is 160 Å². The van der Waals surface area contributed by atoms with Gasteiger partial charge in [-0.2, -0.15) is 5.26 Å². The van der Waals surface area contributed by atoms with Crippen molar-refractivity contribution in [2.24, 2.45) is 5.92 Å². The second-order valence-electron chi connectivity index (χ2n) is 14.1. The molecular weight excluding hydrogens is 603 g/mol. The van der Waals surface area contributed by atoms with Crippen LogP contribution in [-0.2, 0) is 34.5 Å². The molecule has 49 heavy (non-hydrogen) atoms. The van der Waals surface area contributed by atoms with E-state index in [9.17, 15) is 10.1 Å². The fraction of sp³-hybridized carbons (Fsp3) is 0.568. The smallest absolute Gasteiger partial charge is 0.309 e. The number of carbonyl (C=O) groups excluding carboxylic acids is 1. The van der Waals surface area contributed by atoms with Gasteiger partial charge in [-0.05, 0) is 88.0 Å². The Morgan fingerprint density at radius 3 is 2.18 bits per heavy atom. The summed E-state index contributed by atoms with van der Waals surface area (Å²) in [6.45, 7) is 13.5. The average molecular weight is 666 g/mol. The Balaban J connectivity index is 1.70. The number of unbranched alkanes of at least 4 members (excludes halogenated alkanes) is 8. The van der Waals surface area contributed by atoms with E-state index in [1.54, 1.807) is 0 Å². The molecule has 3 rings (SSSR count). The summed E-state index contributed by atoms with van der Waals surface area (Å²) in [5.41, 5.74) is 5.00. The minimum absolute atomic E-state index is 0.0851. The Morgan fingerprint density at radius 1 is 0.857 bits per heavy atom. The molecule has 1 aromatic heterocycles. The number of carbonyl (C=O) groups is 1. The Kier molecular flexibility index (Phi) is 17.4. The monoisotopic (exact) mass is 665 g/mol. The summed E-state index contributed by atoms with van der Waals surface area (Å²) in [6, 6.07) is 18.5. The van der Waals surface area contributed by atoms with Gasteiger partial charge in [0.2, 0.25) is 0 Å². The fourth-order valence-electron chi connectivity index (χ4n) is 6.76. The standard InChI is InChI=1S/C44H63N3O2/c1-7-11-13-14-15-16-17-18-19-20-21-26-37(25-12-8-2)43(48)49-44(5,6)42-40(10-4)47(41(46-42)24-9-3)34-35-29-31-36(32-30-35)39-28-23-22-27-38(39)33-45/h18-19,22-23,27-32,37H,7-17,20-21,24-26,34H2,1-6H3. The van der Waals surface area contributed by atoms with Crippen molar-refractivity contribution in [2.45, 2.75) is 156 Å². The Labute approximate surface area is 298 Å². The topological polar surface area (TPSA) is 67.9 Å². The van der Waals surface area contributed by atoms with E-state index in [0.717, 1.165) is 92.5 Å². The molecule has 2 aromatic carbocycles. The van der Waals surface area contributed by atoms with Gasteiger partial charge in [0.1, 0.15) is 11.5 Å². The highest BCUT2D eigenvalue weighted by atomic mass is 16.6. The number of nitrogens with zero attached hydrogens (tertiary/aromatic N) is 3. The zero-order chi connectivity index (χ0) is 35.5. The molecule has 0 aliphatic heterocycles. The van der Waals surface area contributed by atoms with Gasteiger partial charge in [0.15, 0.2) is 5.60 Å². The molecule has 266 valence electrons. The molecule has 5 nitrogen and oxygen atoms in total. The number of nitriles is 1. The number of hydrogen-bond acceptors (Lipinski definition) is 4. The van der Waals surface area contributed by atoms with Crippen molar-refractivity contribution in [3.8, 4) is 17.2 Å². The Bertz CT molecular complexity index is 1470. The van der Waals surface area contributed by atoms with E-state index in [0.29, 0.717) is 12.1 Å². The Hall–Kier alpha value is -3.65. The van der Waals surface area contributed by atoms with Crippen LogP contribution in [0, 0.1) is 17.2 Å². The SMILES string of the molecule is CCCCCCCCC=CCCCC(CCCC)C(=O)OC(C)(C)c1nc(CCC)n(Cc2ccc(-c3ccccc3C#N)cc2)c1CC. The van der Waals surface area contributed by atoms with Gasteiger partial charge in [-0.3, -0.25) is 4.79 Å². The molecular formula is C44H63N3O2. The third-order valence-electron chi connectivity index (χ3n) is 9.59. The number of rotatable bonds is 23. The molecule has 1 atom stereocenters. The van der Waals surface area contributed by atoms with Crippen molar-refractivity contribution < 1.29 is 9.53 Å². The van der Waals surface area contributed by atoms with Crippen molar-refractivity contribution in [3.63, 3.8) is 0 Å². The molecule has 5 heteroatoms. The van der Waals surface area contributed by atoms with Gasteiger partial charge in [-0.25, -0.2) is 4.98 Å². The molecule has 0 aliphatic carbocycles. The molecule has 0 amide bonds. The van der Waals surface area contributed by atoms with Crippen molar-refractivity contribution in [1.82, 2.24) is 9.55 Å². The maximum atomic E-state index is 13.8. The first-order chi connectivity index (χ1) is 23.8. The summed E-state index contributed by atoms with van der Waals surface area (Å²) in [5, 5.41) is 9.57. The number of benzene rings is 2. The zero-order valence-corrected chi connectivity index (χ0v) is 31.5. The molecule has 0 bridgehead atoms. The fourth-order valence-corrected chi connectivity index (χ4v) is 6.76. The number of aryl methyl sites for hydroxylation is 1. The lowest BCUT2D eigenvalue weighted by molar-refractivity contribution is -0.163. The van der Waals surface area contributed by atoms with E-state index in [1.807, 2.05) is 38.1 Å². The van der Waals surface area contributed by atoms with Crippen molar-refractivity contribution >= 4 is 5.97 Å². The summed E-state index contributed by atoms with van der Waals surface area (Å²) < 4.78 is 8.73. The lowest BCUT2D eigenvalue weighted by atomic mass is 9.95.